The van der Waals surface area contributed by atoms with Crippen LogP contribution in [0, 0.1) is 27.8 Å². The van der Waals surface area contributed by atoms with Crippen LogP contribution in [0.15, 0.2) is 54.6 Å². The lowest BCUT2D eigenvalue weighted by atomic mass is 9.73. The fourth-order valence-electron chi connectivity index (χ4n) is 7.19. The van der Waals surface area contributed by atoms with Gasteiger partial charge in [-0.2, -0.15) is 0 Å². The molecule has 3 aromatic carbocycles. The first-order valence-corrected chi connectivity index (χ1v) is 15.3. The minimum Gasteiger partial charge on any atom is -0.465 e. The van der Waals surface area contributed by atoms with E-state index in [9.17, 15) is 24.8 Å². The third kappa shape index (κ3) is 5.16. The van der Waals surface area contributed by atoms with Crippen molar-refractivity contribution in [3.8, 4) is 0 Å². The molecule has 45 heavy (non-hydrogen) atoms. The maximum Gasteiger partial charge on any atom is 0.338 e. The van der Waals surface area contributed by atoms with Gasteiger partial charge >= 0.3 is 5.97 Å². The number of likely N-dealkylation sites (tertiary alicyclic amines) is 1. The standard InChI is InChI=1S/C32H31Cl2FN4O6/c1-16-10-19(16)14-38-26(15-40)29(36-13-18-7-6-17(30(41)45-2)11-25(18)39(43)44)27(21-4-3-5-23(34)28(21)35)32(38)22-9-8-20(33)12-24(22)37-31(32)42/h3-9,11-12,16,19,26-27,29,36,40H,10,13-15H2,1-2H3,(H,37,42)/t16?,19?,26-,27-,29+,32+/m0/s1. The van der Waals surface area contributed by atoms with Crippen LogP contribution in [0.1, 0.15) is 46.3 Å². The van der Waals surface area contributed by atoms with Crippen LogP contribution in [0.4, 0.5) is 15.8 Å². The van der Waals surface area contributed by atoms with Crippen LogP contribution in [-0.4, -0.2) is 59.2 Å². The largest absolute Gasteiger partial charge is 0.465 e. The summed E-state index contributed by atoms with van der Waals surface area (Å²) in [7, 11) is 1.18. The van der Waals surface area contributed by atoms with Gasteiger partial charge in [0.05, 0.1) is 35.3 Å². The van der Waals surface area contributed by atoms with E-state index in [-0.39, 0.29) is 39.9 Å². The van der Waals surface area contributed by atoms with Crippen molar-refractivity contribution in [2.24, 2.45) is 11.8 Å². The second-order valence-electron chi connectivity index (χ2n) is 11.9. The number of aliphatic hydroxyl groups is 1. The molecule has 2 aliphatic heterocycles. The Labute approximate surface area is 268 Å². The van der Waals surface area contributed by atoms with Crippen molar-refractivity contribution < 1.29 is 28.7 Å². The molecule has 6 atom stereocenters. The van der Waals surface area contributed by atoms with Gasteiger partial charge in [0.25, 0.3) is 5.69 Å². The molecule has 1 amide bonds. The quantitative estimate of drug-likeness (QED) is 0.162. The molecule has 3 aromatic rings. The van der Waals surface area contributed by atoms with Crippen molar-refractivity contribution in [2.45, 2.75) is 43.4 Å². The molecule has 0 radical (unpaired) electrons. The van der Waals surface area contributed by atoms with E-state index in [0.29, 0.717) is 28.7 Å². The van der Waals surface area contributed by atoms with E-state index in [1.807, 2.05) is 4.90 Å². The van der Waals surface area contributed by atoms with E-state index in [2.05, 4.69) is 17.6 Å². The van der Waals surface area contributed by atoms with Crippen molar-refractivity contribution in [3.05, 3.63) is 103 Å². The molecule has 10 nitrogen and oxygen atoms in total. The number of methoxy groups -OCH3 is 1. The smallest absolute Gasteiger partial charge is 0.338 e. The number of halogens is 3. The zero-order valence-electron chi connectivity index (χ0n) is 24.4. The molecule has 13 heteroatoms. The van der Waals surface area contributed by atoms with Crippen molar-refractivity contribution in [1.82, 2.24) is 10.2 Å². The number of anilines is 1. The fourth-order valence-corrected chi connectivity index (χ4v) is 7.54. The summed E-state index contributed by atoms with van der Waals surface area (Å²) in [5.41, 5.74) is -0.279. The molecule has 0 bridgehead atoms. The molecule has 3 N–H and O–H groups in total. The van der Waals surface area contributed by atoms with Crippen molar-refractivity contribution in [3.63, 3.8) is 0 Å². The highest BCUT2D eigenvalue weighted by Gasteiger charge is 2.67. The maximum atomic E-state index is 16.1. The van der Waals surface area contributed by atoms with Crippen LogP contribution in [0.25, 0.3) is 0 Å². The zero-order chi connectivity index (χ0) is 32.2. The molecule has 1 spiro atoms. The van der Waals surface area contributed by atoms with Crippen LogP contribution in [0.5, 0.6) is 0 Å². The number of hydrogen-bond donors (Lipinski definition) is 3. The van der Waals surface area contributed by atoms with E-state index >= 15 is 4.39 Å². The molecule has 1 saturated heterocycles. The Hall–Kier alpha value is -3.61. The minimum atomic E-state index is -1.47. The summed E-state index contributed by atoms with van der Waals surface area (Å²) in [5, 5.41) is 29.6. The highest BCUT2D eigenvalue weighted by atomic mass is 35.5. The topological polar surface area (TPSA) is 134 Å². The molecule has 3 aliphatic rings. The lowest BCUT2D eigenvalue weighted by Crippen LogP contribution is -2.53. The molecular formula is C32H31Cl2FN4O6. The van der Waals surface area contributed by atoms with Gasteiger partial charge in [0.1, 0.15) is 11.4 Å². The van der Waals surface area contributed by atoms with Gasteiger partial charge in [-0.05, 0) is 48.1 Å². The monoisotopic (exact) mass is 656 g/mol. The summed E-state index contributed by atoms with van der Waals surface area (Å²) in [6, 6.07) is 12.2. The highest BCUT2D eigenvalue weighted by Crippen LogP contribution is 2.59. The molecule has 236 valence electrons. The lowest BCUT2D eigenvalue weighted by molar-refractivity contribution is -0.385. The molecule has 1 aliphatic carbocycles. The summed E-state index contributed by atoms with van der Waals surface area (Å²) >= 11 is 12.6. The van der Waals surface area contributed by atoms with Crippen LogP contribution in [-0.2, 0) is 21.6 Å². The Morgan fingerprint density at radius 2 is 2.00 bits per heavy atom. The number of nitrogens with one attached hydrogen (secondary N) is 2. The Balaban J connectivity index is 1.52. The van der Waals surface area contributed by atoms with Crippen LogP contribution in [0.3, 0.4) is 0 Å². The first-order valence-electron chi connectivity index (χ1n) is 14.5. The first kappa shape index (κ1) is 31.4. The fraction of sp³-hybridized carbons (Fsp3) is 0.375. The van der Waals surface area contributed by atoms with Crippen molar-refractivity contribution >= 4 is 46.5 Å². The second kappa shape index (κ2) is 12.0. The Morgan fingerprint density at radius 1 is 1.24 bits per heavy atom. The number of benzene rings is 3. The SMILES string of the molecule is COC(=O)c1ccc(CN[C@@H]2[C@H](CO)N(CC3CC3C)[C@@]3(C(=O)Nc4cc(Cl)ccc43)[C@H]2c2cccc(Cl)c2F)c([N+](=O)[O-])c1. The number of aliphatic hydroxyl groups excluding tert-OH is 1. The average Bonchev–Trinajstić information content (AvgIpc) is 3.54. The number of carbonyl (C=O) groups excluding carboxylic acids is 2. The molecule has 2 heterocycles. The van der Waals surface area contributed by atoms with Crippen LogP contribution >= 0.6 is 23.2 Å². The highest BCUT2D eigenvalue weighted by molar-refractivity contribution is 6.31. The van der Waals surface area contributed by atoms with Crippen LogP contribution in [0.2, 0.25) is 10.0 Å². The Bertz CT molecular complexity index is 1710. The number of nitro groups is 1. The molecule has 2 unspecified atom stereocenters. The van der Waals surface area contributed by atoms with E-state index < -0.39 is 52.8 Å². The third-order valence-corrected chi connectivity index (χ3v) is 10.0. The molecule has 6 rings (SSSR count). The number of fused-ring (bicyclic) bond motifs is 2. The number of hydrogen-bond acceptors (Lipinski definition) is 8. The Kier molecular flexibility index (Phi) is 8.34. The number of amides is 1. The normalized spacial score (nSPS) is 27.0. The van der Waals surface area contributed by atoms with Gasteiger partial charge in [0.2, 0.25) is 5.91 Å². The predicted octanol–water partition coefficient (Wildman–Crippen LogP) is 5.25. The maximum absolute atomic E-state index is 16.1. The van der Waals surface area contributed by atoms with Gasteiger partial charge in [-0.15, -0.1) is 0 Å². The lowest BCUT2D eigenvalue weighted by Gasteiger charge is -2.39. The van der Waals surface area contributed by atoms with E-state index in [4.69, 9.17) is 27.9 Å². The Morgan fingerprint density at radius 3 is 2.67 bits per heavy atom. The summed E-state index contributed by atoms with van der Waals surface area (Å²) < 4.78 is 20.8. The van der Waals surface area contributed by atoms with Crippen LogP contribution < -0.4 is 10.6 Å². The summed E-state index contributed by atoms with van der Waals surface area (Å²) in [5.74, 6) is -2.09. The van der Waals surface area contributed by atoms with Gasteiger partial charge in [0, 0.05) is 53.0 Å². The van der Waals surface area contributed by atoms with Gasteiger partial charge < -0.3 is 20.5 Å². The number of carbonyl (C=O) groups is 2. The molecule has 2 fully saturated rings. The molecular weight excluding hydrogens is 626 g/mol. The summed E-state index contributed by atoms with van der Waals surface area (Å²) in [6.45, 7) is 2.09. The second-order valence-corrected chi connectivity index (χ2v) is 12.7. The average molecular weight is 658 g/mol. The number of esters is 1. The number of nitrogens with zero attached hydrogens (tertiary/aromatic N) is 2. The third-order valence-electron chi connectivity index (χ3n) is 9.51. The van der Waals surface area contributed by atoms with Gasteiger partial charge in [-0.1, -0.05) is 54.4 Å². The minimum absolute atomic E-state index is 0.0162. The van der Waals surface area contributed by atoms with E-state index in [1.54, 1.807) is 30.3 Å². The number of rotatable bonds is 9. The summed E-state index contributed by atoms with van der Waals surface area (Å²) in [6.07, 6.45) is 0.937. The molecule has 0 aromatic heterocycles. The number of ether oxygens (including phenoxy) is 1. The molecule has 1 saturated carbocycles. The van der Waals surface area contributed by atoms with Crippen molar-refractivity contribution in [1.29, 1.82) is 0 Å². The summed E-state index contributed by atoms with van der Waals surface area (Å²) in [4.78, 5) is 39.9. The first-order chi connectivity index (χ1) is 21.5. The zero-order valence-corrected chi connectivity index (χ0v) is 25.9. The van der Waals surface area contributed by atoms with Gasteiger partial charge in [-0.3, -0.25) is 19.8 Å². The van der Waals surface area contributed by atoms with Crippen molar-refractivity contribution in [2.75, 3.05) is 25.6 Å². The van der Waals surface area contributed by atoms with E-state index in [1.165, 1.54) is 25.3 Å². The predicted molar refractivity (Wildman–Crippen MR) is 166 cm³/mol. The van der Waals surface area contributed by atoms with Gasteiger partial charge in [0.15, 0.2) is 0 Å². The number of nitro benzene ring substituents is 1. The van der Waals surface area contributed by atoms with Gasteiger partial charge in [-0.25, -0.2) is 9.18 Å². The van der Waals surface area contributed by atoms with E-state index in [0.717, 1.165) is 12.5 Å².